The highest BCUT2D eigenvalue weighted by atomic mass is 28.4. The molecule has 0 aromatic heterocycles. The lowest BCUT2D eigenvalue weighted by atomic mass is 10.2. The first kappa shape index (κ1) is 24.1. The van der Waals surface area contributed by atoms with Crippen LogP contribution in [0, 0.1) is 6.92 Å². The van der Waals surface area contributed by atoms with Crippen LogP contribution in [-0.4, -0.2) is 45.7 Å². The van der Waals surface area contributed by atoms with Crippen molar-refractivity contribution in [1.82, 2.24) is 0 Å². The van der Waals surface area contributed by atoms with Gasteiger partial charge in [0.05, 0.1) is 0 Å². The molecule has 1 aromatic carbocycles. The van der Waals surface area contributed by atoms with Gasteiger partial charge in [-0.3, -0.25) is 0 Å². The summed E-state index contributed by atoms with van der Waals surface area (Å²) in [5.74, 6) is 0. The number of hydrogen-bond acceptors (Lipinski definition) is 3. The van der Waals surface area contributed by atoms with Gasteiger partial charge >= 0.3 is 0 Å². The molecule has 3 heterocycles. The smallest absolute Gasteiger partial charge is 0.246 e. The van der Waals surface area contributed by atoms with Gasteiger partial charge in [-0.25, -0.2) is 0 Å². The van der Waals surface area contributed by atoms with E-state index in [0.29, 0.717) is 6.10 Å². The van der Waals surface area contributed by atoms with Crippen molar-refractivity contribution in [2.45, 2.75) is 89.2 Å². The highest BCUT2D eigenvalue weighted by Crippen LogP contribution is 2.34. The van der Waals surface area contributed by atoms with Gasteiger partial charge in [0.1, 0.15) is 0 Å². The van der Waals surface area contributed by atoms with E-state index >= 15 is 0 Å². The number of hydrogen-bond donors (Lipinski definition) is 0. The molecule has 4 rings (SSSR count). The van der Waals surface area contributed by atoms with Crippen LogP contribution < -0.4 is 5.19 Å². The van der Waals surface area contributed by atoms with E-state index in [2.05, 4.69) is 51.2 Å². The normalized spacial score (nSPS) is 28.4. The molecule has 3 nitrogen and oxygen atoms in total. The molecule has 166 valence electrons. The first-order chi connectivity index (χ1) is 14.5. The van der Waals surface area contributed by atoms with Crippen LogP contribution in [0.2, 0.25) is 30.7 Å². The topological polar surface area (TPSA) is 27.7 Å². The zero-order chi connectivity index (χ0) is 21.4. The highest BCUT2D eigenvalue weighted by Gasteiger charge is 2.38. The molecule has 3 aliphatic rings. The fourth-order valence-corrected chi connectivity index (χ4v) is 13.5. The van der Waals surface area contributed by atoms with Crippen molar-refractivity contribution in [3.8, 4) is 0 Å². The maximum absolute atomic E-state index is 6.28. The second kappa shape index (κ2) is 11.9. The Morgan fingerprint density at radius 1 is 1.07 bits per heavy atom. The molecule has 0 saturated carbocycles. The van der Waals surface area contributed by atoms with Crippen molar-refractivity contribution in [1.29, 1.82) is 0 Å². The Hall–Kier alpha value is -0.509. The van der Waals surface area contributed by atoms with Gasteiger partial charge in [-0.15, -0.1) is 6.58 Å². The molecule has 0 bridgehead atoms. The highest BCUT2D eigenvalue weighted by molar-refractivity contribution is 6.81. The predicted molar refractivity (Wildman–Crippen MR) is 132 cm³/mol. The van der Waals surface area contributed by atoms with Crippen LogP contribution >= 0.6 is 0 Å². The number of rotatable bonds is 4. The third-order valence-electron chi connectivity index (χ3n) is 6.56. The van der Waals surface area contributed by atoms with Gasteiger partial charge in [-0.1, -0.05) is 48.7 Å². The molecule has 0 N–H and O–H groups in total. The molecule has 2 atom stereocenters. The summed E-state index contributed by atoms with van der Waals surface area (Å²) in [5, 5.41) is 2.90. The molecule has 2 radical (unpaired) electrons. The van der Waals surface area contributed by atoms with E-state index in [9.17, 15) is 0 Å². The summed E-state index contributed by atoms with van der Waals surface area (Å²) in [6.07, 6.45) is 8.21. The van der Waals surface area contributed by atoms with Crippen LogP contribution in [0.3, 0.4) is 0 Å². The molecule has 3 fully saturated rings. The Morgan fingerprint density at radius 2 is 1.80 bits per heavy atom. The fraction of sp³-hybridized carbons (Fsp3) is 0.667. The number of allylic oxidation sites excluding steroid dienone is 1. The Balaban J connectivity index is 0.000000177. The van der Waals surface area contributed by atoms with Crippen molar-refractivity contribution < 1.29 is 13.3 Å². The summed E-state index contributed by atoms with van der Waals surface area (Å²) in [4.78, 5) is 0. The fourth-order valence-electron chi connectivity index (χ4n) is 4.58. The predicted octanol–water partition coefficient (Wildman–Crippen LogP) is 5.66. The molecule has 0 amide bonds. The van der Waals surface area contributed by atoms with Crippen molar-refractivity contribution in [2.75, 3.05) is 13.2 Å². The van der Waals surface area contributed by atoms with Crippen LogP contribution in [-0.2, 0) is 13.3 Å². The molecule has 0 spiro atoms. The molecule has 3 aliphatic heterocycles. The van der Waals surface area contributed by atoms with Crippen molar-refractivity contribution >= 4 is 31.6 Å². The number of aryl methyl sites for hydroxylation is 1. The lowest BCUT2D eigenvalue weighted by molar-refractivity contribution is 0.180. The summed E-state index contributed by atoms with van der Waals surface area (Å²) in [7, 11) is -2.89. The monoisotopic (exact) mass is 460 g/mol. The molecule has 3 saturated heterocycles. The van der Waals surface area contributed by atoms with Crippen LogP contribution in [0.25, 0.3) is 0 Å². The molecule has 6 heteroatoms. The van der Waals surface area contributed by atoms with Crippen LogP contribution in [0.5, 0.6) is 0 Å². The number of benzene rings is 1. The van der Waals surface area contributed by atoms with Crippen LogP contribution in [0.4, 0.5) is 0 Å². The van der Waals surface area contributed by atoms with Gasteiger partial charge < -0.3 is 13.3 Å². The molecule has 1 aromatic rings. The van der Waals surface area contributed by atoms with Crippen molar-refractivity contribution in [2.24, 2.45) is 0 Å². The average Bonchev–Trinajstić information content (AvgIpc) is 2.76. The first-order valence-corrected chi connectivity index (χ1v) is 17.9. The van der Waals surface area contributed by atoms with Gasteiger partial charge in [-0.2, -0.15) is 0 Å². The quantitative estimate of drug-likeness (QED) is 0.542. The summed E-state index contributed by atoms with van der Waals surface area (Å²) in [5.41, 5.74) is 1.40. The van der Waals surface area contributed by atoms with Crippen molar-refractivity contribution in [3.63, 3.8) is 0 Å². The van der Waals surface area contributed by atoms with E-state index in [1.165, 1.54) is 72.6 Å². The van der Waals surface area contributed by atoms with E-state index in [-0.39, 0.29) is 0 Å². The van der Waals surface area contributed by atoms with Crippen molar-refractivity contribution in [3.05, 3.63) is 41.6 Å². The Kier molecular flexibility index (Phi) is 9.60. The van der Waals surface area contributed by atoms with E-state index < -0.39 is 26.4 Å². The lowest BCUT2D eigenvalue weighted by Gasteiger charge is -2.38. The maximum Gasteiger partial charge on any atom is 0.246 e. The molecule has 30 heavy (non-hydrogen) atoms. The lowest BCUT2D eigenvalue weighted by Crippen LogP contribution is -2.44. The summed E-state index contributed by atoms with van der Waals surface area (Å²) in [6, 6.07) is 13.6. The second-order valence-corrected chi connectivity index (χ2v) is 17.5. The minimum absolute atomic E-state index is 0.446. The molecule has 0 aliphatic carbocycles. The standard InChI is InChI=1S/C13H25O2Si2.C11H15OSi/c1-12-7-6-10-17(3,15-12)13(2)11-16-9-5-4-8-14-16;1-10-6-2-3-7-11(10)13-9-5-4-8-12-13/h12H,2,4-11H2,1,3H3;2-3,6-7H,4-5,8-9H2,1H3. The Labute approximate surface area is 188 Å². The largest absolute Gasteiger partial charge is 0.416 e. The second-order valence-electron chi connectivity index (χ2n) is 9.22. The zero-order valence-electron chi connectivity index (χ0n) is 19.3. The van der Waals surface area contributed by atoms with Gasteiger partial charge in [0.15, 0.2) is 0 Å². The van der Waals surface area contributed by atoms with Crippen LogP contribution in [0.15, 0.2) is 36.0 Å². The van der Waals surface area contributed by atoms with E-state index in [1.54, 1.807) is 0 Å². The van der Waals surface area contributed by atoms with Crippen LogP contribution in [0.1, 0.15) is 51.0 Å². The molecular formula is C24H40O3Si3. The molecule has 2 unspecified atom stereocenters. The zero-order valence-corrected chi connectivity index (χ0v) is 22.3. The third kappa shape index (κ3) is 7.00. The third-order valence-corrected chi connectivity index (χ3v) is 15.7. The minimum atomic E-state index is -1.64. The Morgan fingerprint density at radius 3 is 2.43 bits per heavy atom. The summed E-state index contributed by atoms with van der Waals surface area (Å²) >= 11 is 0. The van der Waals surface area contributed by atoms with Gasteiger partial charge in [-0.05, 0) is 74.6 Å². The van der Waals surface area contributed by atoms with Gasteiger partial charge in [0, 0.05) is 19.3 Å². The Bertz CT molecular complexity index is 671. The average molecular weight is 461 g/mol. The maximum atomic E-state index is 6.28. The van der Waals surface area contributed by atoms with E-state index in [4.69, 9.17) is 13.3 Å². The SMILES string of the molecule is C=C(C[Si]1CCCCO1)[Si]1(C)CCCC(C)O1.Cc1ccccc1[Si]1CCCCO1. The minimum Gasteiger partial charge on any atom is -0.416 e. The van der Waals surface area contributed by atoms with Gasteiger partial charge in [0.2, 0.25) is 26.4 Å². The van der Waals surface area contributed by atoms with Gasteiger partial charge in [0.25, 0.3) is 0 Å². The first-order valence-electron chi connectivity index (χ1n) is 11.9. The summed E-state index contributed by atoms with van der Waals surface area (Å²) < 4.78 is 18.0. The van der Waals surface area contributed by atoms with E-state index in [1.807, 2.05) is 0 Å². The summed E-state index contributed by atoms with van der Waals surface area (Å²) in [6.45, 7) is 13.1. The van der Waals surface area contributed by atoms with E-state index in [0.717, 1.165) is 19.3 Å². The molecular weight excluding hydrogens is 421 g/mol.